The molecule has 0 radical (unpaired) electrons. The van der Waals surface area contributed by atoms with Gasteiger partial charge in [0.1, 0.15) is 17.1 Å². The number of halogens is 1. The van der Waals surface area contributed by atoms with E-state index in [0.717, 1.165) is 66.5 Å². The van der Waals surface area contributed by atoms with Crippen LogP contribution in [-0.4, -0.2) is 36.6 Å². The smallest absolute Gasteiger partial charge is 0.223 e. The molecule has 5 nitrogen and oxygen atoms in total. The second kappa shape index (κ2) is 9.09. The van der Waals surface area contributed by atoms with E-state index in [1.807, 2.05) is 36.4 Å². The van der Waals surface area contributed by atoms with Crippen LogP contribution < -0.4 is 14.8 Å². The van der Waals surface area contributed by atoms with Crippen LogP contribution in [0, 0.1) is 5.92 Å². The second-order valence-electron chi connectivity index (χ2n) is 9.17. The Balaban J connectivity index is 1.37. The molecule has 6 heteroatoms. The van der Waals surface area contributed by atoms with E-state index in [0.29, 0.717) is 0 Å². The van der Waals surface area contributed by atoms with Gasteiger partial charge < -0.3 is 14.8 Å². The Morgan fingerprint density at radius 3 is 2.68 bits per heavy atom. The Labute approximate surface area is 189 Å². The van der Waals surface area contributed by atoms with Crippen molar-refractivity contribution in [3.05, 3.63) is 58.6 Å². The third-order valence-electron chi connectivity index (χ3n) is 6.30. The molecule has 1 saturated heterocycles. The average molecular weight is 443 g/mol. The van der Waals surface area contributed by atoms with Crippen LogP contribution in [0.25, 0.3) is 0 Å². The van der Waals surface area contributed by atoms with Crippen molar-refractivity contribution < 1.29 is 14.3 Å². The molecule has 1 amide bonds. The van der Waals surface area contributed by atoms with Gasteiger partial charge in [0.05, 0.1) is 13.2 Å². The van der Waals surface area contributed by atoms with Crippen molar-refractivity contribution in [2.24, 2.45) is 5.92 Å². The molecule has 0 unspecified atom stereocenters. The summed E-state index contributed by atoms with van der Waals surface area (Å²) < 4.78 is 11.5. The number of methoxy groups -OCH3 is 1. The van der Waals surface area contributed by atoms with Gasteiger partial charge in [-0.25, -0.2) is 0 Å². The van der Waals surface area contributed by atoms with Crippen molar-refractivity contribution in [2.45, 2.75) is 51.3 Å². The van der Waals surface area contributed by atoms with Gasteiger partial charge in [0, 0.05) is 35.5 Å². The van der Waals surface area contributed by atoms with Gasteiger partial charge in [-0.05, 0) is 63.5 Å². The number of nitrogens with one attached hydrogen (secondary N) is 1. The lowest BCUT2D eigenvalue weighted by Crippen LogP contribution is -2.45. The molecule has 1 N–H and O–H groups in total. The summed E-state index contributed by atoms with van der Waals surface area (Å²) in [7, 11) is 1.65. The normalized spacial score (nSPS) is 21.1. The van der Waals surface area contributed by atoms with Gasteiger partial charge in [-0.2, -0.15) is 0 Å². The first-order valence-electron chi connectivity index (χ1n) is 11.0. The first kappa shape index (κ1) is 22.0. The van der Waals surface area contributed by atoms with E-state index in [9.17, 15) is 4.79 Å². The zero-order valence-electron chi connectivity index (χ0n) is 18.5. The van der Waals surface area contributed by atoms with Crippen molar-refractivity contribution in [3.8, 4) is 11.5 Å². The van der Waals surface area contributed by atoms with Crippen molar-refractivity contribution in [3.63, 3.8) is 0 Å². The lowest BCUT2D eigenvalue weighted by molar-refractivity contribution is -0.127. The molecule has 1 atom stereocenters. The van der Waals surface area contributed by atoms with Crippen LogP contribution in [0.4, 0.5) is 0 Å². The Morgan fingerprint density at radius 2 is 1.97 bits per heavy atom. The van der Waals surface area contributed by atoms with Gasteiger partial charge in [-0.3, -0.25) is 9.69 Å². The predicted molar refractivity (Wildman–Crippen MR) is 123 cm³/mol. The van der Waals surface area contributed by atoms with E-state index >= 15 is 0 Å². The van der Waals surface area contributed by atoms with Crippen molar-refractivity contribution in [1.29, 1.82) is 0 Å². The average Bonchev–Trinajstić information content (AvgIpc) is 2.74. The molecule has 0 aromatic heterocycles. The maximum Gasteiger partial charge on any atom is 0.223 e. The van der Waals surface area contributed by atoms with Gasteiger partial charge in [0.2, 0.25) is 5.91 Å². The minimum Gasteiger partial charge on any atom is -0.497 e. The number of benzene rings is 2. The van der Waals surface area contributed by atoms with Crippen LogP contribution in [0.3, 0.4) is 0 Å². The van der Waals surface area contributed by atoms with E-state index in [1.54, 1.807) is 7.11 Å². The Hall–Kier alpha value is -2.24. The molecule has 2 heterocycles. The SMILES string of the molecule is COc1ccc2c(c1)OC(C)(C)C[C@H]2NC(=O)C1CCN(Cc2ccccc2Cl)CC1. The van der Waals surface area contributed by atoms with E-state index < -0.39 is 0 Å². The fraction of sp³-hybridized carbons (Fsp3) is 0.480. The predicted octanol–water partition coefficient (Wildman–Crippen LogP) is 4.98. The molecular formula is C25H31ClN2O3. The van der Waals surface area contributed by atoms with Crippen molar-refractivity contribution in [1.82, 2.24) is 10.2 Å². The summed E-state index contributed by atoms with van der Waals surface area (Å²) in [5, 5.41) is 4.12. The number of hydrogen-bond acceptors (Lipinski definition) is 4. The highest BCUT2D eigenvalue weighted by Crippen LogP contribution is 2.41. The quantitative estimate of drug-likeness (QED) is 0.709. The number of amides is 1. The Morgan fingerprint density at radius 1 is 1.23 bits per heavy atom. The number of hydrogen-bond donors (Lipinski definition) is 1. The van der Waals surface area contributed by atoms with E-state index in [2.05, 4.69) is 30.1 Å². The van der Waals surface area contributed by atoms with Gasteiger partial charge in [0.25, 0.3) is 0 Å². The highest BCUT2D eigenvalue weighted by atomic mass is 35.5. The highest BCUT2D eigenvalue weighted by molar-refractivity contribution is 6.31. The third kappa shape index (κ3) is 5.16. The molecule has 1 fully saturated rings. The lowest BCUT2D eigenvalue weighted by Gasteiger charge is -2.39. The minimum atomic E-state index is -0.352. The molecule has 166 valence electrons. The summed E-state index contributed by atoms with van der Waals surface area (Å²) in [4.78, 5) is 15.5. The fourth-order valence-corrected chi connectivity index (χ4v) is 4.79. The molecule has 0 bridgehead atoms. The summed E-state index contributed by atoms with van der Waals surface area (Å²) in [6.07, 6.45) is 2.46. The van der Waals surface area contributed by atoms with Gasteiger partial charge in [0.15, 0.2) is 0 Å². The summed E-state index contributed by atoms with van der Waals surface area (Å²) in [5.74, 6) is 1.72. The maximum absolute atomic E-state index is 13.1. The maximum atomic E-state index is 13.1. The number of rotatable bonds is 5. The van der Waals surface area contributed by atoms with E-state index in [-0.39, 0.29) is 23.5 Å². The summed E-state index contributed by atoms with van der Waals surface area (Å²) in [6.45, 7) is 6.74. The van der Waals surface area contributed by atoms with Crippen LogP contribution in [0.15, 0.2) is 42.5 Å². The number of ether oxygens (including phenoxy) is 2. The molecule has 0 aliphatic carbocycles. The zero-order valence-corrected chi connectivity index (χ0v) is 19.2. The number of likely N-dealkylation sites (tertiary alicyclic amines) is 1. The largest absolute Gasteiger partial charge is 0.497 e. The molecule has 2 aliphatic heterocycles. The molecule has 4 rings (SSSR count). The zero-order chi connectivity index (χ0) is 22.0. The molecular weight excluding hydrogens is 412 g/mol. The molecule has 0 saturated carbocycles. The van der Waals surface area contributed by atoms with Crippen LogP contribution >= 0.6 is 11.6 Å². The molecule has 31 heavy (non-hydrogen) atoms. The van der Waals surface area contributed by atoms with Crippen LogP contribution in [-0.2, 0) is 11.3 Å². The monoisotopic (exact) mass is 442 g/mol. The number of carbonyl (C=O) groups excluding carboxylic acids is 1. The fourth-order valence-electron chi connectivity index (χ4n) is 4.60. The molecule has 0 spiro atoms. The van der Waals surface area contributed by atoms with E-state index in [1.165, 1.54) is 0 Å². The third-order valence-corrected chi connectivity index (χ3v) is 6.67. The van der Waals surface area contributed by atoms with E-state index in [4.69, 9.17) is 21.1 Å². The first-order chi connectivity index (χ1) is 14.8. The number of nitrogens with zero attached hydrogens (tertiary/aromatic N) is 1. The molecule has 2 aliphatic rings. The summed E-state index contributed by atoms with van der Waals surface area (Å²) in [6, 6.07) is 13.7. The topological polar surface area (TPSA) is 50.8 Å². The lowest BCUT2D eigenvalue weighted by atomic mass is 9.88. The summed E-state index contributed by atoms with van der Waals surface area (Å²) in [5.41, 5.74) is 1.81. The van der Waals surface area contributed by atoms with Crippen molar-refractivity contribution >= 4 is 17.5 Å². The highest BCUT2D eigenvalue weighted by Gasteiger charge is 2.36. The Kier molecular flexibility index (Phi) is 6.44. The van der Waals surface area contributed by atoms with Gasteiger partial charge in [-0.15, -0.1) is 0 Å². The van der Waals surface area contributed by atoms with Gasteiger partial charge >= 0.3 is 0 Å². The first-order valence-corrected chi connectivity index (χ1v) is 11.4. The van der Waals surface area contributed by atoms with Gasteiger partial charge in [-0.1, -0.05) is 29.8 Å². The number of piperidine rings is 1. The summed E-state index contributed by atoms with van der Waals surface area (Å²) >= 11 is 6.31. The second-order valence-corrected chi connectivity index (χ2v) is 9.58. The van der Waals surface area contributed by atoms with Crippen molar-refractivity contribution in [2.75, 3.05) is 20.2 Å². The number of fused-ring (bicyclic) bond motifs is 1. The molecule has 2 aromatic carbocycles. The Bertz CT molecular complexity index is 938. The van der Waals surface area contributed by atoms with Crippen LogP contribution in [0.5, 0.6) is 11.5 Å². The van der Waals surface area contributed by atoms with Crippen LogP contribution in [0.1, 0.15) is 50.3 Å². The van der Waals surface area contributed by atoms with Crippen LogP contribution in [0.2, 0.25) is 5.02 Å². The number of carbonyl (C=O) groups is 1. The minimum absolute atomic E-state index is 0.0372. The molecule has 2 aromatic rings. The standard InChI is InChI=1S/C25H31ClN2O3/c1-25(2)15-22(20-9-8-19(30-3)14-23(20)31-25)27-24(29)17-10-12-28(13-11-17)16-18-6-4-5-7-21(18)26/h4-9,14,17,22H,10-13,15-16H2,1-3H3,(H,27,29)/t22-/m1/s1.